The Morgan fingerprint density at radius 2 is 2.12 bits per heavy atom. The van der Waals surface area contributed by atoms with Gasteiger partial charge in [0.05, 0.1) is 10.2 Å². The first-order valence-electron chi connectivity index (χ1n) is 5.74. The van der Waals surface area contributed by atoms with Crippen molar-refractivity contribution in [2.75, 3.05) is 5.73 Å². The van der Waals surface area contributed by atoms with Gasteiger partial charge >= 0.3 is 0 Å². The quantitative estimate of drug-likeness (QED) is 0.908. The summed E-state index contributed by atoms with van der Waals surface area (Å²) >= 11 is 3.32. The number of hydrogen-bond donors (Lipinski definition) is 1. The van der Waals surface area contributed by atoms with Crippen LogP contribution in [0.3, 0.4) is 0 Å². The topological polar surface area (TPSA) is 48.0 Å². The minimum absolute atomic E-state index is 0.0404. The van der Waals surface area contributed by atoms with Crippen molar-refractivity contribution >= 4 is 21.6 Å². The van der Waals surface area contributed by atoms with Crippen molar-refractivity contribution in [3.63, 3.8) is 0 Å². The summed E-state index contributed by atoms with van der Waals surface area (Å²) in [6.45, 7) is 2.67. The van der Waals surface area contributed by atoms with Crippen LogP contribution in [0.1, 0.15) is 31.2 Å². The summed E-state index contributed by atoms with van der Waals surface area (Å²) in [6, 6.07) is 0. The Hall–Kier alpha value is -0.770. The molecule has 1 aromatic rings. The summed E-state index contributed by atoms with van der Waals surface area (Å²) in [5.41, 5.74) is 7.44. The van der Waals surface area contributed by atoms with Crippen LogP contribution in [0.15, 0.2) is 15.5 Å². The van der Waals surface area contributed by atoms with Crippen LogP contribution in [0.25, 0.3) is 0 Å². The van der Waals surface area contributed by atoms with E-state index in [1.165, 1.54) is 25.7 Å². The lowest BCUT2D eigenvalue weighted by Crippen LogP contribution is -2.25. The summed E-state index contributed by atoms with van der Waals surface area (Å²) in [5.74, 6) is 0.645. The van der Waals surface area contributed by atoms with E-state index in [0.29, 0.717) is 16.1 Å². The molecule has 0 amide bonds. The molecular formula is C12H17BrN2O. The molecule has 1 saturated carbocycles. The minimum atomic E-state index is 0.0404. The normalized spacial score (nSPS) is 16.9. The monoisotopic (exact) mass is 284 g/mol. The van der Waals surface area contributed by atoms with E-state index in [1.54, 1.807) is 10.8 Å². The molecule has 1 heterocycles. The van der Waals surface area contributed by atoms with E-state index in [-0.39, 0.29) is 5.56 Å². The van der Waals surface area contributed by atoms with Gasteiger partial charge in [0.1, 0.15) is 0 Å². The maximum absolute atomic E-state index is 12.0. The Bertz CT molecular complexity index is 447. The van der Waals surface area contributed by atoms with E-state index >= 15 is 0 Å². The third-order valence-electron chi connectivity index (χ3n) is 3.44. The molecular weight excluding hydrogens is 268 g/mol. The van der Waals surface area contributed by atoms with Crippen LogP contribution in [0.5, 0.6) is 0 Å². The zero-order valence-corrected chi connectivity index (χ0v) is 11.1. The zero-order chi connectivity index (χ0) is 11.7. The molecule has 0 atom stereocenters. The van der Waals surface area contributed by atoms with Crippen molar-refractivity contribution in [2.45, 2.75) is 39.2 Å². The number of hydrogen-bond acceptors (Lipinski definition) is 2. The zero-order valence-electron chi connectivity index (χ0n) is 9.50. The predicted molar refractivity (Wildman–Crippen MR) is 69.5 cm³/mol. The maximum atomic E-state index is 12.0. The molecule has 1 aliphatic rings. The van der Waals surface area contributed by atoms with Gasteiger partial charge in [-0.2, -0.15) is 0 Å². The Morgan fingerprint density at radius 1 is 1.50 bits per heavy atom. The third kappa shape index (κ3) is 2.17. The summed E-state index contributed by atoms with van der Waals surface area (Å²) in [7, 11) is 0. The minimum Gasteiger partial charge on any atom is -0.397 e. The number of nitrogens with zero attached hydrogens (tertiary/aromatic N) is 1. The number of nitrogen functional groups attached to an aromatic ring is 1. The molecule has 0 spiro atoms. The summed E-state index contributed by atoms with van der Waals surface area (Å²) < 4.78 is 2.35. The fraction of sp³-hybridized carbons (Fsp3) is 0.583. The predicted octanol–water partition coefficient (Wildman–Crippen LogP) is 2.69. The van der Waals surface area contributed by atoms with Gasteiger partial charge < -0.3 is 10.3 Å². The van der Waals surface area contributed by atoms with Crippen LogP contribution in [-0.4, -0.2) is 4.57 Å². The van der Waals surface area contributed by atoms with E-state index in [9.17, 15) is 4.79 Å². The molecule has 0 aromatic carbocycles. The Kier molecular flexibility index (Phi) is 3.38. The van der Waals surface area contributed by atoms with Crippen molar-refractivity contribution in [3.8, 4) is 0 Å². The standard InChI is InChI=1S/C12H17BrN2O/c1-8-10(14)7-15(12(16)11(8)13)6-9-4-2-3-5-9/h7,9H,2-6,14H2,1H3. The molecule has 0 bridgehead atoms. The van der Waals surface area contributed by atoms with Gasteiger partial charge in [-0.3, -0.25) is 4.79 Å². The smallest absolute Gasteiger partial charge is 0.265 e. The Balaban J connectivity index is 2.30. The molecule has 1 aromatic heterocycles. The number of anilines is 1. The molecule has 1 aliphatic carbocycles. The van der Waals surface area contributed by atoms with E-state index in [1.807, 2.05) is 6.92 Å². The summed E-state index contributed by atoms with van der Waals surface area (Å²) in [4.78, 5) is 12.0. The number of halogens is 1. The maximum Gasteiger partial charge on any atom is 0.265 e. The fourth-order valence-electron chi connectivity index (χ4n) is 2.34. The second-order valence-corrected chi connectivity index (χ2v) is 5.42. The van der Waals surface area contributed by atoms with Crippen LogP contribution in [0, 0.1) is 12.8 Å². The van der Waals surface area contributed by atoms with Crippen LogP contribution >= 0.6 is 15.9 Å². The largest absolute Gasteiger partial charge is 0.397 e. The highest BCUT2D eigenvalue weighted by Gasteiger charge is 2.17. The van der Waals surface area contributed by atoms with E-state index < -0.39 is 0 Å². The van der Waals surface area contributed by atoms with Crippen molar-refractivity contribution in [1.82, 2.24) is 4.57 Å². The van der Waals surface area contributed by atoms with Gasteiger partial charge in [0.2, 0.25) is 0 Å². The molecule has 0 aliphatic heterocycles. The lowest BCUT2D eigenvalue weighted by atomic mass is 10.1. The SMILES string of the molecule is Cc1c(N)cn(CC2CCCC2)c(=O)c1Br. The highest BCUT2D eigenvalue weighted by molar-refractivity contribution is 9.10. The molecule has 2 rings (SSSR count). The number of aromatic nitrogens is 1. The van der Waals surface area contributed by atoms with Gasteiger partial charge in [0, 0.05) is 12.7 Å². The van der Waals surface area contributed by atoms with Crippen molar-refractivity contribution in [2.24, 2.45) is 5.92 Å². The van der Waals surface area contributed by atoms with E-state index in [0.717, 1.165) is 12.1 Å². The van der Waals surface area contributed by atoms with Gasteiger partial charge in [0.15, 0.2) is 0 Å². The molecule has 2 N–H and O–H groups in total. The van der Waals surface area contributed by atoms with E-state index in [2.05, 4.69) is 15.9 Å². The molecule has 4 heteroatoms. The van der Waals surface area contributed by atoms with Crippen LogP contribution in [0.2, 0.25) is 0 Å². The fourth-order valence-corrected chi connectivity index (χ4v) is 2.80. The molecule has 16 heavy (non-hydrogen) atoms. The molecule has 0 radical (unpaired) electrons. The van der Waals surface area contributed by atoms with Gasteiger partial charge in [-0.15, -0.1) is 0 Å². The Labute approximate surface area is 104 Å². The summed E-state index contributed by atoms with van der Waals surface area (Å²) in [6.07, 6.45) is 6.83. The van der Waals surface area contributed by atoms with Crippen LogP contribution < -0.4 is 11.3 Å². The van der Waals surface area contributed by atoms with Crippen LogP contribution in [0.4, 0.5) is 5.69 Å². The van der Waals surface area contributed by atoms with Gasteiger partial charge in [-0.05, 0) is 47.2 Å². The molecule has 0 unspecified atom stereocenters. The number of pyridine rings is 1. The molecule has 3 nitrogen and oxygen atoms in total. The second-order valence-electron chi connectivity index (χ2n) is 4.63. The van der Waals surface area contributed by atoms with Gasteiger partial charge in [-0.1, -0.05) is 12.8 Å². The van der Waals surface area contributed by atoms with Gasteiger partial charge in [-0.25, -0.2) is 0 Å². The number of rotatable bonds is 2. The number of nitrogens with two attached hydrogens (primary N) is 1. The first-order chi connectivity index (χ1) is 7.59. The summed E-state index contributed by atoms with van der Waals surface area (Å²) in [5, 5.41) is 0. The van der Waals surface area contributed by atoms with E-state index in [4.69, 9.17) is 5.73 Å². The second kappa shape index (κ2) is 4.62. The van der Waals surface area contributed by atoms with Crippen molar-refractivity contribution in [3.05, 3.63) is 26.6 Å². The third-order valence-corrected chi connectivity index (χ3v) is 4.37. The van der Waals surface area contributed by atoms with Crippen molar-refractivity contribution in [1.29, 1.82) is 0 Å². The lowest BCUT2D eigenvalue weighted by Gasteiger charge is -2.14. The first kappa shape index (κ1) is 11.7. The lowest BCUT2D eigenvalue weighted by molar-refractivity contribution is 0.448. The first-order valence-corrected chi connectivity index (χ1v) is 6.54. The average Bonchev–Trinajstić information content (AvgIpc) is 2.76. The highest BCUT2D eigenvalue weighted by Crippen LogP contribution is 2.26. The van der Waals surface area contributed by atoms with Gasteiger partial charge in [0.25, 0.3) is 5.56 Å². The average molecular weight is 285 g/mol. The molecule has 1 fully saturated rings. The van der Waals surface area contributed by atoms with Crippen molar-refractivity contribution < 1.29 is 0 Å². The Morgan fingerprint density at radius 3 is 2.75 bits per heavy atom. The van der Waals surface area contributed by atoms with Crippen LogP contribution in [-0.2, 0) is 6.54 Å². The molecule has 88 valence electrons. The molecule has 0 saturated heterocycles. The highest BCUT2D eigenvalue weighted by atomic mass is 79.9.